The molecule has 1 N–H and O–H groups in total. The van der Waals surface area contributed by atoms with E-state index in [-0.39, 0.29) is 31.6 Å². The van der Waals surface area contributed by atoms with Crippen LogP contribution in [0.4, 0.5) is 5.69 Å². The second-order valence-electron chi connectivity index (χ2n) is 9.23. The Morgan fingerprint density at radius 3 is 2.82 bits per heavy atom. The fourth-order valence-electron chi connectivity index (χ4n) is 5.97. The van der Waals surface area contributed by atoms with Crippen LogP contribution in [0.3, 0.4) is 0 Å². The smallest absolute Gasteiger partial charge is 0.312 e. The molecule has 2 bridgehead atoms. The summed E-state index contributed by atoms with van der Waals surface area (Å²) in [6.07, 6.45) is 2.12. The van der Waals surface area contributed by atoms with Gasteiger partial charge in [0.15, 0.2) is 0 Å². The van der Waals surface area contributed by atoms with Crippen molar-refractivity contribution >= 4 is 35.1 Å². The number of aliphatic hydroxyl groups excluding tert-OH is 1. The van der Waals surface area contributed by atoms with Crippen molar-refractivity contribution in [2.75, 3.05) is 24.7 Å². The Morgan fingerprint density at radius 1 is 1.47 bits per heavy atom. The van der Waals surface area contributed by atoms with Gasteiger partial charge in [-0.15, -0.1) is 6.58 Å². The zero-order valence-corrected chi connectivity index (χ0v) is 20.5. The van der Waals surface area contributed by atoms with Crippen molar-refractivity contribution < 1.29 is 29.0 Å². The minimum Gasteiger partial charge on any atom is -0.466 e. The first-order chi connectivity index (χ1) is 16.2. The zero-order valence-electron chi connectivity index (χ0n) is 19.7. The van der Waals surface area contributed by atoms with Crippen LogP contribution < -0.4 is 4.90 Å². The molecule has 1 spiro atoms. The molecule has 4 rings (SSSR count). The molecule has 0 radical (unpaired) electrons. The van der Waals surface area contributed by atoms with Crippen LogP contribution in [0, 0.1) is 18.8 Å². The van der Waals surface area contributed by atoms with Crippen molar-refractivity contribution in [3.8, 4) is 0 Å². The van der Waals surface area contributed by atoms with Crippen LogP contribution in [0.5, 0.6) is 0 Å². The van der Waals surface area contributed by atoms with E-state index in [1.54, 1.807) is 32.1 Å². The molecule has 3 aliphatic heterocycles. The normalized spacial score (nSPS) is 30.3. The summed E-state index contributed by atoms with van der Waals surface area (Å²) in [6.45, 7) is 9.07. The van der Waals surface area contributed by atoms with Crippen molar-refractivity contribution in [1.82, 2.24) is 4.90 Å². The van der Waals surface area contributed by atoms with E-state index in [1.807, 2.05) is 13.0 Å². The van der Waals surface area contributed by atoms with Crippen LogP contribution in [0.2, 0.25) is 5.02 Å². The number of amides is 2. The summed E-state index contributed by atoms with van der Waals surface area (Å²) in [5.41, 5.74) is 0.158. The average molecular weight is 491 g/mol. The number of halogens is 1. The number of hydrogen-bond acceptors (Lipinski definition) is 6. The van der Waals surface area contributed by atoms with Gasteiger partial charge in [-0.05, 0) is 45.2 Å². The second kappa shape index (κ2) is 9.32. The molecule has 0 unspecified atom stereocenters. The number of ether oxygens (including phenoxy) is 2. The first kappa shape index (κ1) is 24.7. The van der Waals surface area contributed by atoms with E-state index in [2.05, 4.69) is 6.58 Å². The Bertz CT molecular complexity index is 995. The van der Waals surface area contributed by atoms with E-state index in [4.69, 9.17) is 21.1 Å². The van der Waals surface area contributed by atoms with Gasteiger partial charge in [0.05, 0.1) is 47.9 Å². The highest BCUT2D eigenvalue weighted by Gasteiger charge is 2.75. The van der Waals surface area contributed by atoms with E-state index >= 15 is 0 Å². The monoisotopic (exact) mass is 490 g/mol. The molecular formula is C25H31ClN2O6. The minimum atomic E-state index is -1.17. The van der Waals surface area contributed by atoms with Gasteiger partial charge in [0.1, 0.15) is 11.6 Å². The number of nitrogens with zero attached hydrogens (tertiary/aromatic N) is 2. The lowest BCUT2D eigenvalue weighted by atomic mass is 9.70. The third kappa shape index (κ3) is 3.54. The van der Waals surface area contributed by atoms with Crippen LogP contribution in [0.15, 0.2) is 30.9 Å². The number of likely N-dealkylation sites (tertiary alicyclic amines) is 1. The third-order valence-corrected chi connectivity index (χ3v) is 7.61. The standard InChI is InChI=1S/C25H31ClN2O6/c1-5-12-27(20-14(3)8-7-9-16(20)26)23(31)21-25-11-10-17(34-25)18(24(32)33-6-2)19(25)22(30)28(21)15(4)13-29/h5,7-9,15,17-19,21,29H,1,6,10-13H2,2-4H3/t15-,17-,18+,19+,21-,25+/m1/s1. The van der Waals surface area contributed by atoms with Crippen LogP contribution in [0.1, 0.15) is 32.3 Å². The SMILES string of the molecule is C=CCN(C(=O)[C@H]1N([C@H](C)CO)C(=O)[C@@H]2[C@@H](C(=O)OCC)[C@H]3CC[C@]21O3)c1c(C)cccc1Cl. The summed E-state index contributed by atoms with van der Waals surface area (Å²) in [6, 6.07) is 3.69. The van der Waals surface area contributed by atoms with Crippen molar-refractivity contribution in [1.29, 1.82) is 0 Å². The Morgan fingerprint density at radius 2 is 2.21 bits per heavy atom. The molecule has 2 amide bonds. The van der Waals surface area contributed by atoms with Gasteiger partial charge >= 0.3 is 5.97 Å². The molecule has 0 aliphatic carbocycles. The molecule has 8 nitrogen and oxygen atoms in total. The fraction of sp³-hybridized carbons (Fsp3) is 0.560. The second-order valence-corrected chi connectivity index (χ2v) is 9.64. The Labute approximate surface area is 204 Å². The number of anilines is 1. The number of fused-ring (bicyclic) bond motifs is 1. The predicted octanol–water partition coefficient (Wildman–Crippen LogP) is 2.49. The van der Waals surface area contributed by atoms with Gasteiger partial charge in [0.2, 0.25) is 5.91 Å². The highest BCUT2D eigenvalue weighted by atomic mass is 35.5. The summed E-state index contributed by atoms with van der Waals surface area (Å²) >= 11 is 6.51. The lowest BCUT2D eigenvalue weighted by Crippen LogP contribution is -2.58. The number of carbonyl (C=O) groups is 3. The molecule has 6 atom stereocenters. The quantitative estimate of drug-likeness (QED) is 0.444. The number of esters is 1. The maximum atomic E-state index is 14.3. The molecule has 3 fully saturated rings. The van der Waals surface area contributed by atoms with Gasteiger partial charge < -0.3 is 24.4 Å². The molecule has 1 aromatic carbocycles. The van der Waals surface area contributed by atoms with Crippen molar-refractivity contribution in [3.63, 3.8) is 0 Å². The number of benzene rings is 1. The highest BCUT2D eigenvalue weighted by Crippen LogP contribution is 2.59. The van der Waals surface area contributed by atoms with Crippen LogP contribution >= 0.6 is 11.6 Å². The number of rotatable bonds is 8. The number of para-hydroxylation sites is 1. The Balaban J connectivity index is 1.83. The Kier molecular flexibility index (Phi) is 6.77. The van der Waals surface area contributed by atoms with Crippen LogP contribution in [-0.4, -0.2) is 71.3 Å². The van der Waals surface area contributed by atoms with Crippen molar-refractivity contribution in [2.45, 2.75) is 57.4 Å². The summed E-state index contributed by atoms with van der Waals surface area (Å²) in [4.78, 5) is 43.8. The maximum absolute atomic E-state index is 14.3. The maximum Gasteiger partial charge on any atom is 0.312 e. The first-order valence-electron chi connectivity index (χ1n) is 11.7. The zero-order chi connectivity index (χ0) is 24.8. The number of aryl methyl sites for hydroxylation is 1. The molecule has 9 heteroatoms. The van der Waals surface area contributed by atoms with E-state index in [1.165, 1.54) is 9.80 Å². The minimum absolute atomic E-state index is 0.168. The average Bonchev–Trinajstić information content (AvgIpc) is 3.45. The molecule has 184 valence electrons. The molecule has 3 heterocycles. The summed E-state index contributed by atoms with van der Waals surface area (Å²) in [5, 5.41) is 10.4. The first-order valence-corrected chi connectivity index (χ1v) is 12.1. The van der Waals surface area contributed by atoms with E-state index in [0.29, 0.717) is 23.6 Å². The van der Waals surface area contributed by atoms with Gasteiger partial charge in [-0.3, -0.25) is 14.4 Å². The number of hydrogen-bond donors (Lipinski definition) is 1. The summed E-state index contributed by atoms with van der Waals surface area (Å²) in [7, 11) is 0. The molecule has 1 aromatic rings. The largest absolute Gasteiger partial charge is 0.466 e. The molecule has 0 saturated carbocycles. The number of aliphatic hydroxyl groups is 1. The van der Waals surface area contributed by atoms with Crippen LogP contribution in [0.25, 0.3) is 0 Å². The van der Waals surface area contributed by atoms with Gasteiger partial charge in [-0.2, -0.15) is 0 Å². The summed E-state index contributed by atoms with van der Waals surface area (Å²) in [5.74, 6) is -2.84. The van der Waals surface area contributed by atoms with Gasteiger partial charge in [0.25, 0.3) is 5.91 Å². The van der Waals surface area contributed by atoms with Gasteiger partial charge in [-0.25, -0.2) is 0 Å². The van der Waals surface area contributed by atoms with Gasteiger partial charge in [0, 0.05) is 6.54 Å². The summed E-state index contributed by atoms with van der Waals surface area (Å²) < 4.78 is 11.6. The van der Waals surface area contributed by atoms with E-state index in [9.17, 15) is 19.5 Å². The molecule has 0 aromatic heterocycles. The number of carbonyl (C=O) groups excluding carboxylic acids is 3. The molecule has 3 saturated heterocycles. The lowest BCUT2D eigenvalue weighted by molar-refractivity contribution is -0.155. The molecule has 3 aliphatic rings. The van der Waals surface area contributed by atoms with E-state index in [0.717, 1.165) is 5.56 Å². The lowest BCUT2D eigenvalue weighted by Gasteiger charge is -2.39. The van der Waals surface area contributed by atoms with E-state index < -0.39 is 41.6 Å². The Hall–Kier alpha value is -2.42. The van der Waals surface area contributed by atoms with Crippen molar-refractivity contribution in [3.05, 3.63) is 41.4 Å². The van der Waals surface area contributed by atoms with Crippen molar-refractivity contribution in [2.24, 2.45) is 11.8 Å². The highest BCUT2D eigenvalue weighted by molar-refractivity contribution is 6.34. The van der Waals surface area contributed by atoms with Gasteiger partial charge in [-0.1, -0.05) is 29.8 Å². The fourth-order valence-corrected chi connectivity index (χ4v) is 6.30. The molecule has 34 heavy (non-hydrogen) atoms. The predicted molar refractivity (Wildman–Crippen MR) is 126 cm³/mol. The molecular weight excluding hydrogens is 460 g/mol. The topological polar surface area (TPSA) is 96.4 Å². The van der Waals surface area contributed by atoms with Crippen LogP contribution in [-0.2, 0) is 23.9 Å². The third-order valence-electron chi connectivity index (χ3n) is 7.31.